The second-order valence-corrected chi connectivity index (χ2v) is 6.54. The smallest absolute Gasteiger partial charge is 0.283 e. The average molecular weight is 398 g/mol. The first-order valence-electron chi connectivity index (χ1n) is 9.41. The molecule has 0 radical (unpaired) electrons. The summed E-state index contributed by atoms with van der Waals surface area (Å²) in [5.74, 6) is 0.977. The lowest BCUT2D eigenvalue weighted by molar-refractivity contribution is -0.907. The van der Waals surface area contributed by atoms with Crippen LogP contribution in [-0.2, 0) is 11.3 Å². The van der Waals surface area contributed by atoms with Crippen molar-refractivity contribution in [2.45, 2.75) is 19.9 Å². The molecule has 0 spiro atoms. The molecule has 3 N–H and O–H groups in total. The maximum absolute atomic E-state index is 12.5. The Morgan fingerprint density at radius 2 is 1.93 bits per heavy atom. The molecule has 0 saturated heterocycles. The quantitative estimate of drug-likeness (QED) is 0.498. The van der Waals surface area contributed by atoms with E-state index in [1.54, 1.807) is 49.7 Å². The fraction of sp³-hybridized carbons (Fsp3) is 0.300. The van der Waals surface area contributed by atoms with E-state index in [-0.39, 0.29) is 18.4 Å². The Morgan fingerprint density at radius 3 is 2.59 bits per heavy atom. The van der Waals surface area contributed by atoms with Gasteiger partial charge in [-0.25, -0.2) is 0 Å². The zero-order valence-electron chi connectivity index (χ0n) is 16.4. The highest BCUT2D eigenvalue weighted by atomic mass is 16.4. The minimum absolute atomic E-state index is 0.132. The Hall–Kier alpha value is -3.46. The van der Waals surface area contributed by atoms with Gasteiger partial charge in [0.15, 0.2) is 18.8 Å². The number of aromatic nitrogens is 2. The van der Waals surface area contributed by atoms with Crippen molar-refractivity contribution >= 4 is 17.5 Å². The fourth-order valence-electron chi connectivity index (χ4n) is 2.91. The van der Waals surface area contributed by atoms with Gasteiger partial charge in [0.25, 0.3) is 23.6 Å². The van der Waals surface area contributed by atoms with Crippen LogP contribution >= 0.6 is 0 Å². The van der Waals surface area contributed by atoms with Gasteiger partial charge in [-0.15, -0.1) is 10.2 Å². The van der Waals surface area contributed by atoms with E-state index in [9.17, 15) is 9.59 Å². The number of nitrogens with one attached hydrogen (secondary N) is 3. The highest BCUT2D eigenvalue weighted by Crippen LogP contribution is 2.17. The first kappa shape index (κ1) is 20.3. The standard InChI is InChI=1S/C20H23N5O4/c1-3-10-25(13-18-23-24-20(29-18)16-5-4-11-28-16)12-17(26)22-15-8-6-14(7-9-15)19(27)21-2/h4-9,11H,3,10,12-13H2,1-2H3,(H,21,27)(H,22,26)/p+1. The van der Waals surface area contributed by atoms with Crippen LogP contribution in [0.1, 0.15) is 29.6 Å². The van der Waals surface area contributed by atoms with Crippen molar-refractivity contribution in [1.29, 1.82) is 0 Å². The second kappa shape index (κ2) is 9.65. The Morgan fingerprint density at radius 1 is 1.14 bits per heavy atom. The molecule has 0 aliphatic rings. The van der Waals surface area contributed by atoms with Crippen LogP contribution < -0.4 is 15.5 Å². The van der Waals surface area contributed by atoms with Crippen molar-refractivity contribution in [3.8, 4) is 11.7 Å². The SMILES string of the molecule is CCC[NH+](CC(=O)Nc1ccc(C(=O)NC)cc1)Cc1nnc(-c2ccco2)o1. The van der Waals surface area contributed by atoms with Crippen LogP contribution in [0.2, 0.25) is 0 Å². The van der Waals surface area contributed by atoms with Gasteiger partial charge in [0.05, 0.1) is 12.8 Å². The summed E-state index contributed by atoms with van der Waals surface area (Å²) in [6, 6.07) is 10.2. The van der Waals surface area contributed by atoms with Crippen molar-refractivity contribution in [2.24, 2.45) is 0 Å². The summed E-state index contributed by atoms with van der Waals surface area (Å²) < 4.78 is 10.9. The molecule has 2 heterocycles. The molecule has 9 heteroatoms. The third-order valence-electron chi connectivity index (χ3n) is 4.27. The molecule has 3 aromatic rings. The van der Waals surface area contributed by atoms with Crippen LogP contribution in [0, 0.1) is 0 Å². The van der Waals surface area contributed by atoms with Crippen LogP contribution in [0.3, 0.4) is 0 Å². The molecular weight excluding hydrogens is 374 g/mol. The number of nitrogens with zero attached hydrogens (tertiary/aromatic N) is 2. The Balaban J connectivity index is 1.58. The lowest BCUT2D eigenvalue weighted by Crippen LogP contribution is -3.11. The monoisotopic (exact) mass is 398 g/mol. The summed E-state index contributed by atoms with van der Waals surface area (Å²) >= 11 is 0. The third kappa shape index (κ3) is 5.52. The third-order valence-corrected chi connectivity index (χ3v) is 4.27. The highest BCUT2D eigenvalue weighted by molar-refractivity contribution is 5.95. The van der Waals surface area contributed by atoms with E-state index >= 15 is 0 Å². The van der Waals surface area contributed by atoms with E-state index in [0.717, 1.165) is 17.9 Å². The molecule has 0 fully saturated rings. The van der Waals surface area contributed by atoms with Crippen molar-refractivity contribution < 1.29 is 23.3 Å². The molecule has 3 rings (SSSR count). The number of rotatable bonds is 9. The molecule has 1 atom stereocenters. The highest BCUT2D eigenvalue weighted by Gasteiger charge is 2.19. The lowest BCUT2D eigenvalue weighted by atomic mass is 10.2. The summed E-state index contributed by atoms with van der Waals surface area (Å²) in [4.78, 5) is 25.1. The molecule has 0 saturated carbocycles. The molecule has 0 aliphatic heterocycles. The lowest BCUT2D eigenvalue weighted by Gasteiger charge is -2.16. The number of amides is 2. The largest absolute Gasteiger partial charge is 0.459 e. The summed E-state index contributed by atoms with van der Waals surface area (Å²) in [5, 5.41) is 13.5. The zero-order chi connectivity index (χ0) is 20.6. The average Bonchev–Trinajstić information content (AvgIpc) is 3.40. The van der Waals surface area contributed by atoms with Crippen molar-refractivity contribution in [3.63, 3.8) is 0 Å². The van der Waals surface area contributed by atoms with E-state index in [4.69, 9.17) is 8.83 Å². The molecule has 0 aliphatic carbocycles. The molecule has 29 heavy (non-hydrogen) atoms. The van der Waals surface area contributed by atoms with E-state index in [2.05, 4.69) is 27.8 Å². The van der Waals surface area contributed by atoms with Gasteiger partial charge in [0.2, 0.25) is 0 Å². The second-order valence-electron chi connectivity index (χ2n) is 6.54. The van der Waals surface area contributed by atoms with E-state index in [0.29, 0.717) is 35.3 Å². The van der Waals surface area contributed by atoms with E-state index in [1.807, 2.05) is 0 Å². The van der Waals surface area contributed by atoms with Gasteiger partial charge in [-0.1, -0.05) is 6.92 Å². The maximum Gasteiger partial charge on any atom is 0.283 e. The van der Waals surface area contributed by atoms with Gasteiger partial charge < -0.3 is 24.4 Å². The summed E-state index contributed by atoms with van der Waals surface area (Å²) in [6.45, 7) is 3.52. The molecule has 2 amide bonds. The normalized spacial score (nSPS) is 11.8. The molecule has 2 aromatic heterocycles. The Bertz CT molecular complexity index is 934. The maximum atomic E-state index is 12.5. The molecular formula is C20H24N5O4+. The van der Waals surface area contributed by atoms with E-state index < -0.39 is 0 Å². The molecule has 1 unspecified atom stereocenters. The molecule has 9 nitrogen and oxygen atoms in total. The minimum Gasteiger partial charge on any atom is -0.459 e. The Kier molecular flexibility index (Phi) is 6.75. The van der Waals surface area contributed by atoms with Gasteiger partial charge in [-0.3, -0.25) is 9.59 Å². The first-order valence-corrected chi connectivity index (χ1v) is 9.41. The number of furan rings is 1. The summed E-state index contributed by atoms with van der Waals surface area (Å²) in [7, 11) is 1.57. The topological polar surface area (TPSA) is 115 Å². The number of anilines is 1. The van der Waals surface area contributed by atoms with Crippen molar-refractivity contribution in [3.05, 3.63) is 54.1 Å². The predicted molar refractivity (Wildman–Crippen MR) is 105 cm³/mol. The number of quaternary nitrogens is 1. The minimum atomic E-state index is -0.171. The first-order chi connectivity index (χ1) is 14.1. The van der Waals surface area contributed by atoms with Crippen molar-refractivity contribution in [1.82, 2.24) is 15.5 Å². The van der Waals surface area contributed by atoms with Gasteiger partial charge in [-0.2, -0.15) is 0 Å². The Labute approximate surface area is 168 Å². The fourth-order valence-corrected chi connectivity index (χ4v) is 2.91. The van der Waals surface area contributed by atoms with Gasteiger partial charge in [0.1, 0.15) is 0 Å². The van der Waals surface area contributed by atoms with Crippen LogP contribution in [0.15, 0.2) is 51.5 Å². The van der Waals surface area contributed by atoms with Crippen molar-refractivity contribution in [2.75, 3.05) is 25.5 Å². The van der Waals surface area contributed by atoms with Crippen LogP contribution in [-0.4, -0.2) is 42.1 Å². The molecule has 1 aromatic carbocycles. The number of carbonyl (C=O) groups excluding carboxylic acids is 2. The van der Waals surface area contributed by atoms with Crippen LogP contribution in [0.25, 0.3) is 11.7 Å². The predicted octanol–water partition coefficient (Wildman–Crippen LogP) is 1.12. The van der Waals surface area contributed by atoms with Gasteiger partial charge >= 0.3 is 0 Å². The van der Waals surface area contributed by atoms with Crippen LogP contribution in [0.4, 0.5) is 5.69 Å². The molecule has 0 bridgehead atoms. The number of hydrogen-bond donors (Lipinski definition) is 3. The van der Waals surface area contributed by atoms with Crippen LogP contribution in [0.5, 0.6) is 0 Å². The summed E-state index contributed by atoms with van der Waals surface area (Å²) in [6.07, 6.45) is 2.45. The summed E-state index contributed by atoms with van der Waals surface area (Å²) in [5.41, 5.74) is 1.17. The van der Waals surface area contributed by atoms with Gasteiger partial charge in [0, 0.05) is 18.3 Å². The van der Waals surface area contributed by atoms with E-state index in [1.165, 1.54) is 0 Å². The zero-order valence-corrected chi connectivity index (χ0v) is 16.4. The number of carbonyl (C=O) groups is 2. The number of benzene rings is 1. The molecule has 152 valence electrons. The number of hydrogen-bond acceptors (Lipinski definition) is 6. The van der Waals surface area contributed by atoms with Gasteiger partial charge in [-0.05, 0) is 42.8 Å².